The monoisotopic (exact) mass is 303 g/mol. The molecule has 9 heteroatoms. The average molecular weight is 304 g/mol. The number of anilines is 1. The van der Waals surface area contributed by atoms with Crippen LogP contribution in [0.4, 0.5) is 10.1 Å². The quantitative estimate of drug-likeness (QED) is 0.534. The van der Waals surface area contributed by atoms with E-state index in [4.69, 9.17) is 11.6 Å². The van der Waals surface area contributed by atoms with Gasteiger partial charge in [0.25, 0.3) is 5.91 Å². The first-order chi connectivity index (χ1) is 8.60. The van der Waals surface area contributed by atoms with Gasteiger partial charge in [-0.25, -0.2) is 4.98 Å². The largest absolute Gasteiger partial charge is 0.324 e. The van der Waals surface area contributed by atoms with E-state index >= 15 is 0 Å². The summed E-state index contributed by atoms with van der Waals surface area (Å²) in [6.45, 7) is 0. The predicted octanol–water partition coefficient (Wildman–Crippen LogP) is 3.10. The van der Waals surface area contributed by atoms with Crippen molar-refractivity contribution in [2.45, 2.75) is 5.88 Å². The highest BCUT2D eigenvalue weighted by atomic mass is 35.5. The maximum atomic E-state index is 11.8. The van der Waals surface area contributed by atoms with Crippen LogP contribution in [0, 0.1) is 10.1 Å². The van der Waals surface area contributed by atoms with Gasteiger partial charge in [-0.2, -0.15) is 0 Å². The van der Waals surface area contributed by atoms with Crippen molar-refractivity contribution in [3.63, 3.8) is 0 Å². The Morgan fingerprint density at radius 1 is 1.56 bits per heavy atom. The van der Waals surface area contributed by atoms with Crippen LogP contribution in [0.15, 0.2) is 17.5 Å². The Balaban J connectivity index is 2.09. The molecule has 94 valence electrons. The van der Waals surface area contributed by atoms with Gasteiger partial charge in [0.05, 0.1) is 21.4 Å². The number of carbonyl (C=O) groups excluding carboxylic acids is 1. The molecule has 0 saturated heterocycles. The first kappa shape index (κ1) is 12.9. The third kappa shape index (κ3) is 2.84. The summed E-state index contributed by atoms with van der Waals surface area (Å²) in [6, 6.07) is 2.71. The minimum atomic E-state index is -0.531. The first-order valence-corrected chi connectivity index (χ1v) is 6.89. The molecule has 0 aliphatic heterocycles. The fourth-order valence-corrected chi connectivity index (χ4v) is 2.78. The molecular weight excluding hydrogens is 298 g/mol. The molecule has 2 aromatic rings. The van der Waals surface area contributed by atoms with Crippen molar-refractivity contribution in [1.29, 1.82) is 0 Å². The van der Waals surface area contributed by atoms with Crippen LogP contribution in [0.2, 0.25) is 0 Å². The lowest BCUT2D eigenvalue weighted by Crippen LogP contribution is -2.09. The van der Waals surface area contributed by atoms with Gasteiger partial charge >= 0.3 is 5.00 Å². The standard InChI is InChI=1S/C9H6ClN3O3S2/c10-3-5-4-17-9(11-5)12-8(14)6-1-2-7(18-6)13(15)16/h1-2,4H,3H2,(H,11,12,14). The van der Waals surface area contributed by atoms with E-state index in [9.17, 15) is 14.9 Å². The average Bonchev–Trinajstić information content (AvgIpc) is 2.97. The number of hydrogen-bond donors (Lipinski definition) is 1. The van der Waals surface area contributed by atoms with Gasteiger partial charge in [-0.15, -0.1) is 22.9 Å². The van der Waals surface area contributed by atoms with Crippen LogP contribution >= 0.6 is 34.3 Å². The van der Waals surface area contributed by atoms with Gasteiger partial charge in [0.2, 0.25) is 0 Å². The van der Waals surface area contributed by atoms with Crippen molar-refractivity contribution < 1.29 is 9.72 Å². The van der Waals surface area contributed by atoms with Crippen molar-refractivity contribution in [3.05, 3.63) is 38.2 Å². The topological polar surface area (TPSA) is 85.1 Å². The Labute approximate surface area is 114 Å². The van der Waals surface area contributed by atoms with Gasteiger partial charge in [-0.1, -0.05) is 11.3 Å². The molecule has 6 nitrogen and oxygen atoms in total. The Morgan fingerprint density at radius 2 is 2.33 bits per heavy atom. The number of nitrogens with zero attached hydrogens (tertiary/aromatic N) is 2. The van der Waals surface area contributed by atoms with Gasteiger partial charge in [0.15, 0.2) is 5.13 Å². The number of nitrogens with one attached hydrogen (secondary N) is 1. The summed E-state index contributed by atoms with van der Waals surface area (Å²) < 4.78 is 0. The number of thiazole rings is 1. The third-order valence-electron chi connectivity index (χ3n) is 1.90. The van der Waals surface area contributed by atoms with Crippen LogP contribution in [0.5, 0.6) is 0 Å². The van der Waals surface area contributed by atoms with Gasteiger partial charge < -0.3 is 0 Å². The van der Waals surface area contributed by atoms with Crippen LogP contribution in [0.1, 0.15) is 15.4 Å². The lowest BCUT2D eigenvalue weighted by Gasteiger charge is -1.96. The molecule has 0 bridgehead atoms. The normalized spacial score (nSPS) is 10.3. The zero-order valence-corrected chi connectivity index (χ0v) is 11.1. The van der Waals surface area contributed by atoms with Crippen LogP contribution in [-0.2, 0) is 5.88 Å². The molecule has 2 heterocycles. The van der Waals surface area contributed by atoms with E-state index in [0.29, 0.717) is 10.8 Å². The van der Waals surface area contributed by atoms with Crippen LogP contribution in [-0.4, -0.2) is 15.8 Å². The number of carbonyl (C=O) groups is 1. The minimum Gasteiger partial charge on any atom is -0.297 e. The number of nitro groups is 1. The summed E-state index contributed by atoms with van der Waals surface area (Å²) in [7, 11) is 0. The number of amides is 1. The fraction of sp³-hybridized carbons (Fsp3) is 0.111. The Hall–Kier alpha value is -1.51. The second-order valence-electron chi connectivity index (χ2n) is 3.13. The Morgan fingerprint density at radius 3 is 2.89 bits per heavy atom. The van der Waals surface area contributed by atoms with Crippen LogP contribution in [0.3, 0.4) is 0 Å². The highest BCUT2D eigenvalue weighted by molar-refractivity contribution is 7.17. The lowest BCUT2D eigenvalue weighted by molar-refractivity contribution is -0.380. The van der Waals surface area contributed by atoms with E-state index in [1.165, 1.54) is 23.5 Å². The Kier molecular flexibility index (Phi) is 3.90. The zero-order chi connectivity index (χ0) is 13.1. The van der Waals surface area contributed by atoms with E-state index in [-0.39, 0.29) is 15.8 Å². The Bertz CT molecular complexity index is 595. The van der Waals surface area contributed by atoms with Crippen LogP contribution in [0.25, 0.3) is 0 Å². The summed E-state index contributed by atoms with van der Waals surface area (Å²) >= 11 is 7.66. The van der Waals surface area contributed by atoms with Crippen LogP contribution < -0.4 is 5.32 Å². The fourth-order valence-electron chi connectivity index (χ4n) is 1.13. The van der Waals surface area contributed by atoms with Crippen molar-refractivity contribution in [2.24, 2.45) is 0 Å². The van der Waals surface area contributed by atoms with E-state index in [0.717, 1.165) is 11.3 Å². The van der Waals surface area contributed by atoms with E-state index in [1.54, 1.807) is 5.38 Å². The molecule has 0 spiro atoms. The molecule has 0 aliphatic carbocycles. The molecule has 0 aliphatic rings. The summed E-state index contributed by atoms with van der Waals surface area (Å²) in [6.07, 6.45) is 0. The number of aromatic nitrogens is 1. The van der Waals surface area contributed by atoms with Gasteiger partial charge in [-0.3, -0.25) is 20.2 Å². The van der Waals surface area contributed by atoms with Crippen molar-refractivity contribution >= 4 is 50.3 Å². The summed E-state index contributed by atoms with van der Waals surface area (Å²) in [5.41, 5.74) is 0.675. The number of alkyl halides is 1. The molecule has 0 saturated carbocycles. The number of rotatable bonds is 4. The third-order valence-corrected chi connectivity index (χ3v) is 4.02. The van der Waals surface area contributed by atoms with E-state index in [2.05, 4.69) is 10.3 Å². The molecule has 1 N–H and O–H groups in total. The lowest BCUT2D eigenvalue weighted by atomic mass is 10.4. The number of thiophene rings is 1. The molecule has 18 heavy (non-hydrogen) atoms. The molecule has 1 amide bonds. The van der Waals surface area contributed by atoms with E-state index < -0.39 is 10.8 Å². The highest BCUT2D eigenvalue weighted by Crippen LogP contribution is 2.25. The zero-order valence-electron chi connectivity index (χ0n) is 8.75. The van der Waals surface area contributed by atoms with Crippen molar-refractivity contribution in [3.8, 4) is 0 Å². The molecule has 2 aromatic heterocycles. The molecule has 0 radical (unpaired) electrons. The second-order valence-corrected chi connectivity index (χ2v) is 5.31. The summed E-state index contributed by atoms with van der Waals surface area (Å²) in [5.74, 6) is -0.139. The molecular formula is C9H6ClN3O3S2. The van der Waals surface area contributed by atoms with Gasteiger partial charge in [-0.05, 0) is 6.07 Å². The van der Waals surface area contributed by atoms with Crippen molar-refractivity contribution in [2.75, 3.05) is 5.32 Å². The summed E-state index contributed by atoms with van der Waals surface area (Å²) in [4.78, 5) is 26.1. The molecule has 0 aromatic carbocycles. The molecule has 0 unspecified atom stereocenters. The molecule has 2 rings (SSSR count). The smallest absolute Gasteiger partial charge is 0.297 e. The maximum absolute atomic E-state index is 11.8. The van der Waals surface area contributed by atoms with Gasteiger partial charge in [0, 0.05) is 11.4 Å². The number of hydrogen-bond acceptors (Lipinski definition) is 6. The molecule has 0 atom stereocenters. The highest BCUT2D eigenvalue weighted by Gasteiger charge is 2.16. The molecule has 0 fully saturated rings. The van der Waals surface area contributed by atoms with E-state index in [1.807, 2.05) is 0 Å². The second kappa shape index (κ2) is 5.42. The first-order valence-electron chi connectivity index (χ1n) is 4.66. The minimum absolute atomic E-state index is 0.0688. The SMILES string of the molecule is O=C(Nc1nc(CCl)cs1)c1ccc([N+](=O)[O-])s1. The summed E-state index contributed by atoms with van der Waals surface area (Å²) in [5, 5.41) is 15.1. The predicted molar refractivity (Wildman–Crippen MR) is 70.6 cm³/mol. The van der Waals surface area contributed by atoms with Gasteiger partial charge in [0.1, 0.15) is 0 Å². The number of halogens is 1. The maximum Gasteiger partial charge on any atom is 0.324 e. The van der Waals surface area contributed by atoms with Crippen molar-refractivity contribution in [1.82, 2.24) is 4.98 Å².